The van der Waals surface area contributed by atoms with Crippen LogP contribution < -0.4 is 15.6 Å². The van der Waals surface area contributed by atoms with Gasteiger partial charge in [-0.2, -0.15) is 13.2 Å². The van der Waals surface area contributed by atoms with Gasteiger partial charge in [-0.25, -0.2) is 4.98 Å². The summed E-state index contributed by atoms with van der Waals surface area (Å²) < 4.78 is 44.9. The molecule has 1 saturated heterocycles. The van der Waals surface area contributed by atoms with Crippen LogP contribution in [0.4, 0.5) is 13.2 Å². The fraction of sp³-hybridized carbons (Fsp3) is 0.364. The molecule has 1 fully saturated rings. The molecule has 1 aliphatic rings. The molecule has 0 radical (unpaired) electrons. The van der Waals surface area contributed by atoms with Crippen molar-refractivity contribution in [3.05, 3.63) is 52.4 Å². The number of carbonyl (C=O) groups is 1. The van der Waals surface area contributed by atoms with Crippen LogP contribution in [-0.2, 0) is 11.0 Å². The average Bonchev–Trinajstić information content (AvgIpc) is 2.77. The lowest BCUT2D eigenvalue weighted by molar-refractivity contribution is -0.137. The third kappa shape index (κ3) is 4.64. The van der Waals surface area contributed by atoms with Gasteiger partial charge in [0, 0.05) is 12.1 Å². The van der Waals surface area contributed by atoms with Crippen LogP contribution in [0, 0.1) is 5.92 Å². The number of alkyl halides is 3. The zero-order valence-corrected chi connectivity index (χ0v) is 17.2. The van der Waals surface area contributed by atoms with Gasteiger partial charge >= 0.3 is 6.18 Å². The Kier molecular flexibility index (Phi) is 5.96. The van der Waals surface area contributed by atoms with E-state index in [2.05, 4.69) is 20.3 Å². The molecule has 10 heteroatoms. The second-order valence-corrected chi connectivity index (χ2v) is 7.76. The third-order valence-corrected chi connectivity index (χ3v) is 5.48. The number of benzene rings is 1. The van der Waals surface area contributed by atoms with Crippen molar-refractivity contribution >= 4 is 16.7 Å². The minimum Gasteiger partial charge on any atom is -0.482 e. The number of nitrogens with one attached hydrogen (secondary N) is 2. The Bertz CT molecular complexity index is 1200. The van der Waals surface area contributed by atoms with Gasteiger partial charge in [0.05, 0.1) is 16.5 Å². The summed E-state index contributed by atoms with van der Waals surface area (Å²) in [5.74, 6) is 0.275. The number of aromatic nitrogens is 3. The molecule has 4 rings (SSSR count). The summed E-state index contributed by atoms with van der Waals surface area (Å²) in [7, 11) is 0. The fourth-order valence-corrected chi connectivity index (χ4v) is 3.85. The summed E-state index contributed by atoms with van der Waals surface area (Å²) in [4.78, 5) is 35.5. The molecule has 0 aliphatic carbocycles. The van der Waals surface area contributed by atoms with Gasteiger partial charge < -0.3 is 15.0 Å². The van der Waals surface area contributed by atoms with Crippen molar-refractivity contribution in [3.8, 4) is 17.3 Å². The number of ether oxygens (including phenoxy) is 1. The number of ketones is 1. The second-order valence-electron chi connectivity index (χ2n) is 7.76. The molecule has 3 heterocycles. The highest BCUT2D eigenvalue weighted by atomic mass is 19.4. The maximum absolute atomic E-state index is 13.0. The first-order valence-electron chi connectivity index (χ1n) is 10.2. The molecule has 168 valence electrons. The number of nitrogens with zero attached hydrogens (tertiary/aromatic N) is 2. The maximum Gasteiger partial charge on any atom is 0.416 e. The molecule has 1 aromatic carbocycles. The lowest BCUT2D eigenvalue weighted by Gasteiger charge is -2.29. The minimum atomic E-state index is -4.54. The van der Waals surface area contributed by atoms with Gasteiger partial charge in [-0.15, -0.1) is 0 Å². The molecule has 1 atom stereocenters. The summed E-state index contributed by atoms with van der Waals surface area (Å²) in [6.45, 7) is 3.10. The number of hydrogen-bond donors (Lipinski definition) is 2. The van der Waals surface area contributed by atoms with Crippen LogP contribution in [0.2, 0.25) is 0 Å². The van der Waals surface area contributed by atoms with Gasteiger partial charge in [0.15, 0.2) is 17.7 Å². The Labute approximate surface area is 181 Å². The molecule has 7 nitrogen and oxygen atoms in total. The van der Waals surface area contributed by atoms with Crippen molar-refractivity contribution < 1.29 is 22.7 Å². The molecule has 0 amide bonds. The number of fused-ring (bicyclic) bond motifs is 1. The molecule has 3 aromatic rings. The van der Waals surface area contributed by atoms with Gasteiger partial charge in [-0.1, -0.05) is 0 Å². The van der Waals surface area contributed by atoms with E-state index in [1.807, 2.05) is 0 Å². The van der Waals surface area contributed by atoms with E-state index in [4.69, 9.17) is 4.74 Å². The van der Waals surface area contributed by atoms with Crippen LogP contribution in [0.25, 0.3) is 22.4 Å². The monoisotopic (exact) mass is 446 g/mol. The van der Waals surface area contributed by atoms with E-state index in [1.165, 1.54) is 19.1 Å². The predicted octanol–water partition coefficient (Wildman–Crippen LogP) is 3.34. The number of Topliss-reactive ketones (excluding diaryl/α,β-unsaturated/α-hetero) is 1. The molecule has 32 heavy (non-hydrogen) atoms. The Hall–Kier alpha value is -3.27. The number of H-pyrrole nitrogens is 1. The van der Waals surface area contributed by atoms with E-state index in [1.54, 1.807) is 6.07 Å². The Morgan fingerprint density at radius 1 is 1.19 bits per heavy atom. The number of rotatable bonds is 5. The van der Waals surface area contributed by atoms with Crippen LogP contribution in [0.1, 0.15) is 25.3 Å². The number of hydrogen-bond acceptors (Lipinski definition) is 6. The second kappa shape index (κ2) is 8.70. The molecule has 2 aromatic heterocycles. The summed E-state index contributed by atoms with van der Waals surface area (Å²) in [5, 5.41) is 3.45. The van der Waals surface area contributed by atoms with E-state index in [0.717, 1.165) is 44.3 Å². The lowest BCUT2D eigenvalue weighted by Crippen LogP contribution is -2.40. The highest BCUT2D eigenvalue weighted by Gasteiger charge is 2.31. The SMILES string of the molecule is CC(=O)C(Oc1ccc2nc(-c3cc(C(F)(F)F)ccn3)[nH]c(=O)c2c1)C1CCNCC1. The number of carbonyl (C=O) groups excluding carboxylic acids is 1. The highest BCUT2D eigenvalue weighted by molar-refractivity contribution is 5.82. The van der Waals surface area contributed by atoms with E-state index < -0.39 is 23.4 Å². The first kappa shape index (κ1) is 21.9. The van der Waals surface area contributed by atoms with Crippen molar-refractivity contribution in [1.82, 2.24) is 20.3 Å². The molecular formula is C22H21F3N4O3. The van der Waals surface area contributed by atoms with Gasteiger partial charge in [0.1, 0.15) is 11.4 Å². The zero-order chi connectivity index (χ0) is 22.9. The minimum absolute atomic E-state index is 0.0708. The number of piperidine rings is 1. The summed E-state index contributed by atoms with van der Waals surface area (Å²) >= 11 is 0. The lowest BCUT2D eigenvalue weighted by atomic mass is 9.90. The highest BCUT2D eigenvalue weighted by Crippen LogP contribution is 2.31. The summed E-state index contributed by atoms with van der Waals surface area (Å²) in [6, 6.07) is 6.30. The van der Waals surface area contributed by atoms with Crippen LogP contribution in [0.15, 0.2) is 41.3 Å². The summed E-state index contributed by atoms with van der Waals surface area (Å²) in [5.41, 5.74) is -1.25. The van der Waals surface area contributed by atoms with E-state index in [9.17, 15) is 22.8 Å². The van der Waals surface area contributed by atoms with Crippen LogP contribution >= 0.6 is 0 Å². The molecular weight excluding hydrogens is 425 g/mol. The van der Waals surface area contributed by atoms with Crippen LogP contribution in [0.3, 0.4) is 0 Å². The van der Waals surface area contributed by atoms with Crippen molar-refractivity contribution in [1.29, 1.82) is 0 Å². The largest absolute Gasteiger partial charge is 0.482 e. The van der Waals surface area contributed by atoms with Gasteiger partial charge in [0.25, 0.3) is 5.56 Å². The first-order chi connectivity index (χ1) is 15.2. The Balaban J connectivity index is 1.65. The van der Waals surface area contributed by atoms with E-state index in [0.29, 0.717) is 5.75 Å². The average molecular weight is 446 g/mol. The number of pyridine rings is 1. The van der Waals surface area contributed by atoms with Crippen molar-refractivity contribution in [2.24, 2.45) is 5.92 Å². The molecule has 2 N–H and O–H groups in total. The summed E-state index contributed by atoms with van der Waals surface area (Å²) in [6.07, 6.45) is -2.51. The van der Waals surface area contributed by atoms with Crippen LogP contribution in [0.5, 0.6) is 5.75 Å². The Morgan fingerprint density at radius 3 is 2.62 bits per heavy atom. The molecule has 1 unspecified atom stereocenters. The molecule has 1 aliphatic heterocycles. The van der Waals surface area contributed by atoms with E-state index in [-0.39, 0.29) is 34.1 Å². The van der Waals surface area contributed by atoms with Crippen molar-refractivity contribution in [3.63, 3.8) is 0 Å². The van der Waals surface area contributed by atoms with Gasteiger partial charge in [0.2, 0.25) is 0 Å². The smallest absolute Gasteiger partial charge is 0.416 e. The normalized spacial score (nSPS) is 16.1. The molecule has 0 spiro atoms. The number of halogens is 3. The van der Waals surface area contributed by atoms with Crippen molar-refractivity contribution in [2.45, 2.75) is 32.0 Å². The number of aromatic amines is 1. The maximum atomic E-state index is 13.0. The predicted molar refractivity (Wildman–Crippen MR) is 111 cm³/mol. The van der Waals surface area contributed by atoms with Crippen LogP contribution in [-0.4, -0.2) is 39.9 Å². The molecule has 0 bridgehead atoms. The van der Waals surface area contributed by atoms with Gasteiger partial charge in [-0.05, 0) is 63.2 Å². The van der Waals surface area contributed by atoms with Gasteiger partial charge in [-0.3, -0.25) is 14.6 Å². The fourth-order valence-electron chi connectivity index (χ4n) is 3.85. The van der Waals surface area contributed by atoms with E-state index >= 15 is 0 Å². The molecule has 0 saturated carbocycles. The first-order valence-corrected chi connectivity index (χ1v) is 10.2. The standard InChI is InChI=1S/C22H21F3N4O3/c1-12(30)19(13-4-7-26-8-5-13)32-15-2-3-17-16(11-15)21(31)29-20(28-17)18-10-14(6-9-27-18)22(23,24)25/h2-3,6,9-11,13,19,26H,4-5,7-8H2,1H3,(H,28,29,31). The van der Waals surface area contributed by atoms with Crippen molar-refractivity contribution in [2.75, 3.05) is 13.1 Å². The Morgan fingerprint density at radius 2 is 1.94 bits per heavy atom. The quantitative estimate of drug-likeness (QED) is 0.624. The third-order valence-electron chi connectivity index (χ3n) is 5.48. The topological polar surface area (TPSA) is 97.0 Å². The zero-order valence-electron chi connectivity index (χ0n) is 17.2.